The highest BCUT2D eigenvalue weighted by Gasteiger charge is 2.25. The molecule has 1 fully saturated rings. The molecule has 0 spiro atoms. The van der Waals surface area contributed by atoms with Crippen molar-refractivity contribution in [2.75, 3.05) is 29.9 Å². The summed E-state index contributed by atoms with van der Waals surface area (Å²) in [4.78, 5) is 25.8. The molecule has 6 heteroatoms. The summed E-state index contributed by atoms with van der Waals surface area (Å²) in [6.07, 6.45) is 2.29. The van der Waals surface area contributed by atoms with Crippen molar-refractivity contribution in [2.45, 2.75) is 25.8 Å². The van der Waals surface area contributed by atoms with Gasteiger partial charge in [0.15, 0.2) is 6.04 Å². The lowest BCUT2D eigenvalue weighted by Crippen LogP contribution is -2.43. The Balaban J connectivity index is 2.08. The normalized spacial score (nSPS) is 15.6. The number of esters is 1. The van der Waals surface area contributed by atoms with Crippen LogP contribution >= 0.6 is 0 Å². The standard InChI is InChI=1S/C15H21N3O3/c1-2-21-15(20)13(16)14(19)17-11-7-3-4-8-12(11)18-9-5-6-10-18/h3-4,7-8,13H,2,5-6,9-10,16H2,1H3,(H,17,19). The first kappa shape index (κ1) is 15.3. The molecule has 114 valence electrons. The number of benzene rings is 1. The number of ether oxygens (including phenoxy) is 1. The van der Waals surface area contributed by atoms with Crippen LogP contribution in [-0.4, -0.2) is 37.6 Å². The molecule has 1 saturated heterocycles. The summed E-state index contributed by atoms with van der Waals surface area (Å²) in [6, 6.07) is 6.22. The highest BCUT2D eigenvalue weighted by Crippen LogP contribution is 2.28. The summed E-state index contributed by atoms with van der Waals surface area (Å²) >= 11 is 0. The number of nitrogens with one attached hydrogen (secondary N) is 1. The van der Waals surface area contributed by atoms with Crippen molar-refractivity contribution in [1.29, 1.82) is 0 Å². The molecule has 1 aliphatic rings. The van der Waals surface area contributed by atoms with Gasteiger partial charge >= 0.3 is 5.97 Å². The first-order valence-electron chi connectivity index (χ1n) is 7.20. The zero-order valence-corrected chi connectivity index (χ0v) is 12.2. The number of rotatable bonds is 5. The number of anilines is 2. The van der Waals surface area contributed by atoms with Crippen molar-refractivity contribution in [3.05, 3.63) is 24.3 Å². The molecule has 1 aromatic carbocycles. The molecule has 1 unspecified atom stereocenters. The minimum Gasteiger partial charge on any atom is -0.464 e. The fourth-order valence-electron chi connectivity index (χ4n) is 2.36. The van der Waals surface area contributed by atoms with E-state index >= 15 is 0 Å². The van der Waals surface area contributed by atoms with Crippen molar-refractivity contribution in [3.63, 3.8) is 0 Å². The first-order valence-corrected chi connectivity index (χ1v) is 7.20. The van der Waals surface area contributed by atoms with Crippen molar-refractivity contribution >= 4 is 23.3 Å². The SMILES string of the molecule is CCOC(=O)C(N)C(=O)Nc1ccccc1N1CCCC1. The van der Waals surface area contributed by atoms with E-state index in [1.165, 1.54) is 0 Å². The van der Waals surface area contributed by atoms with Crippen LogP contribution < -0.4 is 16.0 Å². The number of nitrogens with two attached hydrogens (primary N) is 1. The van der Waals surface area contributed by atoms with E-state index < -0.39 is 17.9 Å². The van der Waals surface area contributed by atoms with Crippen molar-refractivity contribution < 1.29 is 14.3 Å². The average molecular weight is 291 g/mol. The highest BCUT2D eigenvalue weighted by atomic mass is 16.5. The third kappa shape index (κ3) is 3.72. The summed E-state index contributed by atoms with van der Waals surface area (Å²) in [5, 5.41) is 2.72. The lowest BCUT2D eigenvalue weighted by molar-refractivity contribution is -0.146. The van der Waals surface area contributed by atoms with Crippen LogP contribution in [0.25, 0.3) is 0 Å². The van der Waals surface area contributed by atoms with E-state index in [1.807, 2.05) is 24.3 Å². The van der Waals surface area contributed by atoms with Crippen molar-refractivity contribution in [2.24, 2.45) is 5.73 Å². The quantitative estimate of drug-likeness (QED) is 0.627. The second-order valence-electron chi connectivity index (χ2n) is 4.93. The van der Waals surface area contributed by atoms with Crippen LogP contribution in [0.4, 0.5) is 11.4 Å². The number of amides is 1. The molecule has 0 radical (unpaired) electrons. The number of nitrogens with zero attached hydrogens (tertiary/aromatic N) is 1. The van der Waals surface area contributed by atoms with Crippen LogP contribution in [0.5, 0.6) is 0 Å². The van der Waals surface area contributed by atoms with E-state index in [4.69, 9.17) is 10.5 Å². The van der Waals surface area contributed by atoms with Gasteiger partial charge in [-0.05, 0) is 31.9 Å². The molecule has 0 aliphatic carbocycles. The number of para-hydroxylation sites is 2. The third-order valence-electron chi connectivity index (χ3n) is 3.43. The minimum atomic E-state index is -1.31. The Kier molecular flexibility index (Phi) is 5.16. The van der Waals surface area contributed by atoms with E-state index in [0.29, 0.717) is 5.69 Å². The van der Waals surface area contributed by atoms with E-state index in [1.54, 1.807) is 6.92 Å². The molecule has 6 nitrogen and oxygen atoms in total. The van der Waals surface area contributed by atoms with Gasteiger partial charge in [-0.25, -0.2) is 4.79 Å². The number of carbonyl (C=O) groups excluding carboxylic acids is 2. The summed E-state index contributed by atoms with van der Waals surface area (Å²) in [6.45, 7) is 3.81. The predicted molar refractivity (Wildman–Crippen MR) is 81.1 cm³/mol. The molecule has 1 amide bonds. The van der Waals surface area contributed by atoms with Gasteiger partial charge in [0, 0.05) is 13.1 Å². The van der Waals surface area contributed by atoms with Crippen LogP contribution in [-0.2, 0) is 14.3 Å². The molecule has 0 bridgehead atoms. The van der Waals surface area contributed by atoms with E-state index in [0.717, 1.165) is 31.6 Å². The molecule has 1 heterocycles. The van der Waals surface area contributed by atoms with Gasteiger partial charge < -0.3 is 20.7 Å². The Bertz CT molecular complexity index is 513. The number of hydrogen-bond donors (Lipinski definition) is 2. The molecule has 0 aromatic heterocycles. The third-order valence-corrected chi connectivity index (χ3v) is 3.43. The molecule has 0 saturated carbocycles. The summed E-state index contributed by atoms with van der Waals surface area (Å²) < 4.78 is 4.76. The molecular weight excluding hydrogens is 270 g/mol. The lowest BCUT2D eigenvalue weighted by atomic mass is 10.2. The molecule has 2 rings (SSSR count). The van der Waals surface area contributed by atoms with Gasteiger partial charge in [-0.3, -0.25) is 4.79 Å². The zero-order chi connectivity index (χ0) is 15.2. The van der Waals surface area contributed by atoms with E-state index in [2.05, 4.69) is 10.2 Å². The van der Waals surface area contributed by atoms with E-state index in [-0.39, 0.29) is 6.61 Å². The van der Waals surface area contributed by atoms with Gasteiger partial charge in [-0.2, -0.15) is 0 Å². The van der Waals surface area contributed by atoms with Crippen LogP contribution in [0.3, 0.4) is 0 Å². The minimum absolute atomic E-state index is 0.199. The summed E-state index contributed by atoms with van der Waals surface area (Å²) in [5.41, 5.74) is 7.23. The molecule has 3 N–H and O–H groups in total. The second-order valence-corrected chi connectivity index (χ2v) is 4.93. The van der Waals surface area contributed by atoms with Gasteiger partial charge in [0.05, 0.1) is 18.0 Å². The fourth-order valence-corrected chi connectivity index (χ4v) is 2.36. The smallest absolute Gasteiger partial charge is 0.332 e. The lowest BCUT2D eigenvalue weighted by Gasteiger charge is -2.22. The molecule has 1 aliphatic heterocycles. The zero-order valence-electron chi connectivity index (χ0n) is 12.2. The molecular formula is C15H21N3O3. The Morgan fingerprint density at radius 3 is 2.67 bits per heavy atom. The Morgan fingerprint density at radius 2 is 2.00 bits per heavy atom. The Labute approximate surface area is 124 Å². The second kappa shape index (κ2) is 7.08. The topological polar surface area (TPSA) is 84.7 Å². The first-order chi connectivity index (χ1) is 10.1. The fraction of sp³-hybridized carbons (Fsp3) is 0.467. The maximum atomic E-state index is 12.0. The highest BCUT2D eigenvalue weighted by molar-refractivity contribution is 6.09. The van der Waals surface area contributed by atoms with Gasteiger partial charge in [0.25, 0.3) is 5.91 Å². The Morgan fingerprint density at radius 1 is 1.33 bits per heavy atom. The monoisotopic (exact) mass is 291 g/mol. The largest absolute Gasteiger partial charge is 0.464 e. The molecule has 1 atom stereocenters. The summed E-state index contributed by atoms with van der Waals surface area (Å²) in [5.74, 6) is -1.27. The van der Waals surface area contributed by atoms with Crippen molar-refractivity contribution in [1.82, 2.24) is 0 Å². The van der Waals surface area contributed by atoms with Crippen LogP contribution in [0.15, 0.2) is 24.3 Å². The van der Waals surface area contributed by atoms with Crippen molar-refractivity contribution in [3.8, 4) is 0 Å². The van der Waals surface area contributed by atoms with E-state index in [9.17, 15) is 9.59 Å². The Hall–Kier alpha value is -2.08. The van der Waals surface area contributed by atoms with Crippen LogP contribution in [0.2, 0.25) is 0 Å². The summed E-state index contributed by atoms with van der Waals surface area (Å²) in [7, 11) is 0. The maximum absolute atomic E-state index is 12.0. The molecule has 1 aromatic rings. The number of hydrogen-bond acceptors (Lipinski definition) is 5. The maximum Gasteiger partial charge on any atom is 0.332 e. The molecule has 21 heavy (non-hydrogen) atoms. The number of carbonyl (C=O) groups is 2. The average Bonchev–Trinajstić information content (AvgIpc) is 3.01. The van der Waals surface area contributed by atoms with Gasteiger partial charge in [0.2, 0.25) is 0 Å². The van der Waals surface area contributed by atoms with Gasteiger partial charge in [-0.15, -0.1) is 0 Å². The van der Waals surface area contributed by atoms with Crippen LogP contribution in [0.1, 0.15) is 19.8 Å². The van der Waals surface area contributed by atoms with Crippen LogP contribution in [0, 0.1) is 0 Å². The van der Waals surface area contributed by atoms with Gasteiger partial charge in [0.1, 0.15) is 0 Å². The predicted octanol–water partition coefficient (Wildman–Crippen LogP) is 1.12. The van der Waals surface area contributed by atoms with Gasteiger partial charge in [-0.1, -0.05) is 12.1 Å².